The molecule has 0 unspecified atom stereocenters. The number of aromatic nitrogens is 2. The fourth-order valence-electron chi connectivity index (χ4n) is 8.85. The van der Waals surface area contributed by atoms with Crippen LogP contribution in [0.4, 0.5) is 17.1 Å². The van der Waals surface area contributed by atoms with Gasteiger partial charge in [0.15, 0.2) is 5.82 Å². The van der Waals surface area contributed by atoms with E-state index in [9.17, 15) is 0 Å². The van der Waals surface area contributed by atoms with E-state index in [0.29, 0.717) is 5.82 Å². The standard InChI is InChI=1S/C53H37N3O/c1-53(2)44-25-15-14-24-41(44)42-32-39(27-28-45(42)53)56(38-21-10-5-11-22-38)48-31-36-20-12-13-23-40(36)51-50(48)43-30-37(26-29-49(43)57-51)52-54-46(34-16-6-3-7-17-34)33-47(55-52)35-18-8-4-9-19-35/h3-33H,1-2H3. The van der Waals surface area contributed by atoms with Gasteiger partial charge < -0.3 is 9.32 Å². The number of hydrogen-bond acceptors (Lipinski definition) is 4. The maximum Gasteiger partial charge on any atom is 0.160 e. The van der Waals surface area contributed by atoms with Gasteiger partial charge in [0.25, 0.3) is 0 Å². The molecule has 2 aromatic heterocycles. The highest BCUT2D eigenvalue weighted by Gasteiger charge is 2.36. The Kier molecular flexibility index (Phi) is 7.48. The second-order valence-electron chi connectivity index (χ2n) is 15.4. The van der Waals surface area contributed by atoms with Gasteiger partial charge in [0.05, 0.1) is 22.5 Å². The van der Waals surface area contributed by atoms with Crippen LogP contribution in [0.5, 0.6) is 0 Å². The van der Waals surface area contributed by atoms with Crippen molar-refractivity contribution in [3.05, 3.63) is 199 Å². The molecule has 0 saturated carbocycles. The molecule has 8 aromatic carbocycles. The molecule has 4 nitrogen and oxygen atoms in total. The Labute approximate surface area is 331 Å². The molecule has 0 radical (unpaired) electrons. The fourth-order valence-corrected chi connectivity index (χ4v) is 8.85. The summed E-state index contributed by atoms with van der Waals surface area (Å²) < 4.78 is 6.89. The normalized spacial score (nSPS) is 12.9. The SMILES string of the molecule is CC1(C)c2ccccc2-c2cc(N(c3ccccc3)c3cc4ccccc4c4oc5ccc(-c6nc(-c7ccccc7)cc(-c7ccccc7)n6)cc5c34)ccc21. The Morgan fingerprint density at radius 3 is 1.84 bits per heavy atom. The molecular weight excluding hydrogens is 695 g/mol. The molecule has 4 heteroatoms. The minimum atomic E-state index is -0.0876. The predicted molar refractivity (Wildman–Crippen MR) is 235 cm³/mol. The van der Waals surface area contributed by atoms with Crippen LogP contribution in [-0.4, -0.2) is 9.97 Å². The van der Waals surface area contributed by atoms with Crippen molar-refractivity contribution in [2.75, 3.05) is 4.90 Å². The van der Waals surface area contributed by atoms with Gasteiger partial charge in [-0.15, -0.1) is 0 Å². The van der Waals surface area contributed by atoms with Crippen molar-refractivity contribution in [3.8, 4) is 45.0 Å². The lowest BCUT2D eigenvalue weighted by Gasteiger charge is -2.28. The fraction of sp³-hybridized carbons (Fsp3) is 0.0566. The van der Waals surface area contributed by atoms with E-state index in [1.54, 1.807) is 0 Å². The molecule has 1 aliphatic carbocycles. The number of anilines is 3. The molecule has 1 aliphatic rings. The van der Waals surface area contributed by atoms with Gasteiger partial charge in [0.1, 0.15) is 11.2 Å². The molecule has 57 heavy (non-hydrogen) atoms. The van der Waals surface area contributed by atoms with Crippen molar-refractivity contribution >= 4 is 49.8 Å². The highest BCUT2D eigenvalue weighted by molar-refractivity contribution is 6.22. The smallest absolute Gasteiger partial charge is 0.160 e. The van der Waals surface area contributed by atoms with Crippen LogP contribution in [0, 0.1) is 0 Å². The predicted octanol–water partition coefficient (Wildman–Crippen LogP) is 14.3. The summed E-state index contributed by atoms with van der Waals surface area (Å²) in [5, 5.41) is 4.23. The van der Waals surface area contributed by atoms with Gasteiger partial charge in [0, 0.05) is 44.3 Å². The van der Waals surface area contributed by atoms with Crippen LogP contribution in [0.2, 0.25) is 0 Å². The minimum Gasteiger partial charge on any atom is -0.455 e. The van der Waals surface area contributed by atoms with Crippen LogP contribution in [0.15, 0.2) is 192 Å². The van der Waals surface area contributed by atoms with Crippen molar-refractivity contribution in [2.24, 2.45) is 0 Å². The Morgan fingerprint density at radius 1 is 0.474 bits per heavy atom. The third kappa shape index (κ3) is 5.37. The number of para-hydroxylation sites is 1. The summed E-state index contributed by atoms with van der Waals surface area (Å²) in [6, 6.07) is 66.4. The molecule has 0 atom stereocenters. The monoisotopic (exact) mass is 731 g/mol. The van der Waals surface area contributed by atoms with E-state index in [-0.39, 0.29) is 5.41 Å². The molecule has 0 bridgehead atoms. The first-order chi connectivity index (χ1) is 28.0. The molecule has 270 valence electrons. The van der Waals surface area contributed by atoms with E-state index in [4.69, 9.17) is 14.4 Å². The van der Waals surface area contributed by atoms with E-state index in [1.165, 1.54) is 22.3 Å². The number of furan rings is 1. The highest BCUT2D eigenvalue weighted by atomic mass is 16.3. The van der Waals surface area contributed by atoms with Gasteiger partial charge in [-0.1, -0.05) is 147 Å². The van der Waals surface area contributed by atoms with E-state index in [1.807, 2.05) is 36.4 Å². The highest BCUT2D eigenvalue weighted by Crippen LogP contribution is 2.52. The zero-order chi connectivity index (χ0) is 38.1. The molecule has 0 N–H and O–H groups in total. The largest absolute Gasteiger partial charge is 0.455 e. The van der Waals surface area contributed by atoms with E-state index < -0.39 is 0 Å². The van der Waals surface area contributed by atoms with E-state index in [2.05, 4.69) is 170 Å². The van der Waals surface area contributed by atoms with E-state index >= 15 is 0 Å². The molecule has 0 fully saturated rings. The summed E-state index contributed by atoms with van der Waals surface area (Å²) in [5.41, 5.74) is 14.8. The third-order valence-electron chi connectivity index (χ3n) is 11.6. The maximum atomic E-state index is 6.89. The number of nitrogens with zero attached hydrogens (tertiary/aromatic N) is 3. The number of fused-ring (bicyclic) bond motifs is 8. The van der Waals surface area contributed by atoms with Crippen LogP contribution >= 0.6 is 0 Å². The molecule has 0 spiro atoms. The lowest BCUT2D eigenvalue weighted by molar-refractivity contribution is 0.660. The molecule has 2 heterocycles. The molecular formula is C53H37N3O. The van der Waals surface area contributed by atoms with Crippen LogP contribution in [0.25, 0.3) is 77.7 Å². The summed E-state index contributed by atoms with van der Waals surface area (Å²) in [4.78, 5) is 12.8. The zero-order valence-corrected chi connectivity index (χ0v) is 31.6. The van der Waals surface area contributed by atoms with Crippen LogP contribution in [0.1, 0.15) is 25.0 Å². The molecule has 0 aliphatic heterocycles. The van der Waals surface area contributed by atoms with Crippen LogP contribution < -0.4 is 4.90 Å². The third-order valence-corrected chi connectivity index (χ3v) is 11.6. The second-order valence-corrected chi connectivity index (χ2v) is 15.4. The van der Waals surface area contributed by atoms with Crippen molar-refractivity contribution in [2.45, 2.75) is 19.3 Å². The molecule has 11 rings (SSSR count). The Morgan fingerprint density at radius 2 is 1.11 bits per heavy atom. The van der Waals surface area contributed by atoms with Crippen molar-refractivity contribution in [1.29, 1.82) is 0 Å². The van der Waals surface area contributed by atoms with Crippen molar-refractivity contribution < 1.29 is 4.42 Å². The maximum absolute atomic E-state index is 6.89. The lowest BCUT2D eigenvalue weighted by atomic mass is 9.82. The summed E-state index contributed by atoms with van der Waals surface area (Å²) in [5.74, 6) is 0.661. The average Bonchev–Trinajstić information content (AvgIpc) is 3.77. The van der Waals surface area contributed by atoms with Crippen molar-refractivity contribution in [3.63, 3.8) is 0 Å². The zero-order valence-electron chi connectivity index (χ0n) is 31.6. The molecule has 0 amide bonds. The number of benzene rings is 8. The first-order valence-electron chi connectivity index (χ1n) is 19.5. The first kappa shape index (κ1) is 33.1. The summed E-state index contributed by atoms with van der Waals surface area (Å²) in [6.07, 6.45) is 0. The molecule has 10 aromatic rings. The van der Waals surface area contributed by atoms with Gasteiger partial charge in [-0.3, -0.25) is 0 Å². The van der Waals surface area contributed by atoms with Gasteiger partial charge in [-0.05, 0) is 82.2 Å². The van der Waals surface area contributed by atoms with Crippen molar-refractivity contribution in [1.82, 2.24) is 9.97 Å². The second kappa shape index (κ2) is 12.9. The quantitative estimate of drug-likeness (QED) is 0.171. The van der Waals surface area contributed by atoms with Gasteiger partial charge in [-0.2, -0.15) is 0 Å². The average molecular weight is 732 g/mol. The number of hydrogen-bond donors (Lipinski definition) is 0. The van der Waals surface area contributed by atoms with E-state index in [0.717, 1.165) is 77.9 Å². The van der Waals surface area contributed by atoms with Gasteiger partial charge >= 0.3 is 0 Å². The summed E-state index contributed by atoms with van der Waals surface area (Å²) in [7, 11) is 0. The summed E-state index contributed by atoms with van der Waals surface area (Å²) in [6.45, 7) is 4.66. The minimum absolute atomic E-state index is 0.0876. The Balaban J connectivity index is 1.17. The van der Waals surface area contributed by atoms with Crippen LogP contribution in [0.3, 0.4) is 0 Å². The van der Waals surface area contributed by atoms with Crippen LogP contribution in [-0.2, 0) is 5.41 Å². The molecule has 0 saturated heterocycles. The Hall–Kier alpha value is -7.30. The number of rotatable bonds is 6. The van der Waals surface area contributed by atoms with Gasteiger partial charge in [0.2, 0.25) is 0 Å². The first-order valence-corrected chi connectivity index (χ1v) is 19.5. The summed E-state index contributed by atoms with van der Waals surface area (Å²) >= 11 is 0. The van der Waals surface area contributed by atoms with Gasteiger partial charge in [-0.25, -0.2) is 9.97 Å². The Bertz CT molecular complexity index is 3090. The topological polar surface area (TPSA) is 42.2 Å². The lowest BCUT2D eigenvalue weighted by Crippen LogP contribution is -2.15.